The maximum Gasteiger partial charge on any atom is 0.317 e. The van der Waals surface area contributed by atoms with E-state index in [1.165, 1.54) is 4.90 Å². The van der Waals surface area contributed by atoms with Crippen molar-refractivity contribution >= 4 is 23.6 Å². The number of aliphatic carboxylic acids is 1. The monoisotopic (exact) mass is 356 g/mol. The van der Waals surface area contributed by atoms with E-state index in [1.807, 2.05) is 6.07 Å². The van der Waals surface area contributed by atoms with Gasteiger partial charge < -0.3 is 24.8 Å². The van der Waals surface area contributed by atoms with Crippen LogP contribution in [-0.2, 0) is 11.2 Å². The molecule has 0 saturated carbocycles. The fourth-order valence-corrected chi connectivity index (χ4v) is 2.62. The fraction of sp³-hybridized carbons (Fsp3) is 0.500. The normalized spacial score (nSPS) is 14.0. The van der Waals surface area contributed by atoms with Gasteiger partial charge in [0.1, 0.15) is 13.2 Å². The van der Waals surface area contributed by atoms with Gasteiger partial charge in [0.05, 0.1) is 10.9 Å². The van der Waals surface area contributed by atoms with E-state index in [0.29, 0.717) is 42.7 Å². The predicted octanol–water partition coefficient (Wildman–Crippen LogP) is 2.02. The van der Waals surface area contributed by atoms with E-state index in [4.69, 9.17) is 26.2 Å². The van der Waals surface area contributed by atoms with Crippen LogP contribution in [0, 0.1) is 5.92 Å². The molecule has 1 atom stereocenters. The van der Waals surface area contributed by atoms with E-state index < -0.39 is 11.9 Å². The van der Waals surface area contributed by atoms with Crippen molar-refractivity contribution in [3.63, 3.8) is 0 Å². The second-order valence-electron chi connectivity index (χ2n) is 5.70. The van der Waals surface area contributed by atoms with E-state index in [0.717, 1.165) is 5.56 Å². The number of ether oxygens (including phenoxy) is 2. The quantitative estimate of drug-likeness (QED) is 0.814. The van der Waals surface area contributed by atoms with Gasteiger partial charge in [0.15, 0.2) is 11.5 Å². The van der Waals surface area contributed by atoms with Gasteiger partial charge in [0.2, 0.25) is 0 Å². The molecular weight excluding hydrogens is 336 g/mol. The summed E-state index contributed by atoms with van der Waals surface area (Å²) in [4.78, 5) is 24.1. The number of benzene rings is 1. The zero-order chi connectivity index (χ0) is 17.7. The van der Waals surface area contributed by atoms with Gasteiger partial charge in [0.25, 0.3) is 0 Å². The Hall–Kier alpha value is -2.15. The van der Waals surface area contributed by atoms with Crippen molar-refractivity contribution in [3.8, 4) is 11.5 Å². The summed E-state index contributed by atoms with van der Waals surface area (Å²) < 4.78 is 11.0. The first-order valence-corrected chi connectivity index (χ1v) is 8.06. The van der Waals surface area contributed by atoms with Gasteiger partial charge in [-0.05, 0) is 24.1 Å². The lowest BCUT2D eigenvalue weighted by Crippen LogP contribution is -2.41. The van der Waals surface area contributed by atoms with Crippen LogP contribution in [0.15, 0.2) is 12.1 Å². The molecule has 0 fully saturated rings. The molecule has 7 nitrogen and oxygen atoms in total. The van der Waals surface area contributed by atoms with Crippen molar-refractivity contribution in [2.75, 3.05) is 33.4 Å². The first-order chi connectivity index (χ1) is 11.4. The molecule has 0 bridgehead atoms. The van der Waals surface area contributed by atoms with Crippen LogP contribution in [0.25, 0.3) is 0 Å². The highest BCUT2D eigenvalue weighted by atomic mass is 35.5. The highest BCUT2D eigenvalue weighted by Gasteiger charge is 2.18. The minimum atomic E-state index is -0.930. The largest absolute Gasteiger partial charge is 0.486 e. The average Bonchev–Trinajstić information content (AvgIpc) is 2.54. The summed E-state index contributed by atoms with van der Waals surface area (Å²) in [5.74, 6) is -0.376. The standard InChI is InChI=1S/C16H21ClN2O5/c1-10(15(20)21)9-19(2)16(22)18-4-3-11-7-12(17)14-13(8-11)23-5-6-24-14/h7-8,10H,3-6,9H2,1-2H3,(H,18,22)(H,20,21). The second kappa shape index (κ2) is 8.10. The van der Waals surface area contributed by atoms with Crippen LogP contribution < -0.4 is 14.8 Å². The summed E-state index contributed by atoms with van der Waals surface area (Å²) in [7, 11) is 1.57. The molecule has 2 N–H and O–H groups in total. The van der Waals surface area contributed by atoms with Crippen LogP contribution in [0.2, 0.25) is 5.02 Å². The van der Waals surface area contributed by atoms with E-state index in [1.54, 1.807) is 20.0 Å². The van der Waals surface area contributed by atoms with Crippen LogP contribution in [0.5, 0.6) is 11.5 Å². The number of amides is 2. The van der Waals surface area contributed by atoms with Gasteiger partial charge in [-0.3, -0.25) is 4.79 Å². The number of fused-ring (bicyclic) bond motifs is 1. The Balaban J connectivity index is 1.84. The van der Waals surface area contributed by atoms with Crippen LogP contribution in [0.3, 0.4) is 0 Å². The maximum absolute atomic E-state index is 11.9. The number of hydrogen-bond donors (Lipinski definition) is 2. The summed E-state index contributed by atoms with van der Waals surface area (Å²) >= 11 is 6.17. The number of carbonyl (C=O) groups is 2. The molecular formula is C16H21ClN2O5. The van der Waals surface area contributed by atoms with Crippen molar-refractivity contribution in [2.24, 2.45) is 5.92 Å². The average molecular weight is 357 g/mol. The molecule has 1 aliphatic rings. The van der Waals surface area contributed by atoms with Crippen molar-refractivity contribution < 1.29 is 24.2 Å². The van der Waals surface area contributed by atoms with Crippen molar-refractivity contribution in [3.05, 3.63) is 22.7 Å². The van der Waals surface area contributed by atoms with E-state index >= 15 is 0 Å². The Labute approximate surface area is 145 Å². The van der Waals surface area contributed by atoms with Crippen LogP contribution in [0.1, 0.15) is 12.5 Å². The molecule has 132 valence electrons. The Morgan fingerprint density at radius 2 is 2.08 bits per heavy atom. The van der Waals surface area contributed by atoms with Gasteiger partial charge in [0, 0.05) is 20.1 Å². The van der Waals surface area contributed by atoms with Crippen molar-refractivity contribution in [1.82, 2.24) is 10.2 Å². The lowest BCUT2D eigenvalue weighted by molar-refractivity contribution is -0.141. The van der Waals surface area contributed by atoms with Crippen LogP contribution in [0.4, 0.5) is 4.79 Å². The zero-order valence-corrected chi connectivity index (χ0v) is 14.4. The van der Waals surface area contributed by atoms with Gasteiger partial charge in [-0.15, -0.1) is 0 Å². The molecule has 1 heterocycles. The molecule has 1 aromatic rings. The molecule has 1 aromatic carbocycles. The number of carboxylic acid groups (broad SMARTS) is 1. The number of nitrogens with one attached hydrogen (secondary N) is 1. The minimum Gasteiger partial charge on any atom is -0.486 e. The van der Waals surface area contributed by atoms with Crippen molar-refractivity contribution in [1.29, 1.82) is 0 Å². The SMILES string of the molecule is CC(CN(C)C(=O)NCCc1cc(Cl)c2c(c1)OCCO2)C(=O)O. The molecule has 0 spiro atoms. The minimum absolute atomic E-state index is 0.150. The number of carboxylic acids is 1. The number of nitrogens with zero attached hydrogens (tertiary/aromatic N) is 1. The van der Waals surface area contributed by atoms with Gasteiger partial charge in [-0.25, -0.2) is 4.79 Å². The third kappa shape index (κ3) is 4.67. The van der Waals surface area contributed by atoms with E-state index in [2.05, 4.69) is 5.32 Å². The zero-order valence-electron chi connectivity index (χ0n) is 13.7. The highest BCUT2D eigenvalue weighted by molar-refractivity contribution is 6.32. The summed E-state index contributed by atoms with van der Waals surface area (Å²) in [6.07, 6.45) is 0.574. The molecule has 2 amide bonds. The first kappa shape index (κ1) is 18.2. The Bertz CT molecular complexity index is 623. The number of rotatable bonds is 6. The summed E-state index contributed by atoms with van der Waals surface area (Å²) in [6.45, 7) is 3.07. The van der Waals surface area contributed by atoms with E-state index in [9.17, 15) is 9.59 Å². The third-order valence-electron chi connectivity index (χ3n) is 3.66. The highest BCUT2D eigenvalue weighted by Crippen LogP contribution is 2.38. The summed E-state index contributed by atoms with van der Waals surface area (Å²) in [5, 5.41) is 12.1. The summed E-state index contributed by atoms with van der Waals surface area (Å²) in [6, 6.07) is 3.33. The molecule has 0 radical (unpaired) electrons. The molecule has 0 aliphatic carbocycles. The lowest BCUT2D eigenvalue weighted by atomic mass is 10.1. The number of halogens is 1. The smallest absolute Gasteiger partial charge is 0.317 e. The third-order valence-corrected chi connectivity index (χ3v) is 3.94. The molecule has 2 rings (SSSR count). The van der Waals surface area contributed by atoms with Gasteiger partial charge in [-0.2, -0.15) is 0 Å². The van der Waals surface area contributed by atoms with E-state index in [-0.39, 0.29) is 12.6 Å². The fourth-order valence-electron chi connectivity index (χ4n) is 2.33. The second-order valence-corrected chi connectivity index (χ2v) is 6.11. The first-order valence-electron chi connectivity index (χ1n) is 7.68. The maximum atomic E-state index is 11.9. The Kier molecular flexibility index (Phi) is 6.14. The molecule has 0 aromatic heterocycles. The number of hydrogen-bond acceptors (Lipinski definition) is 4. The Morgan fingerprint density at radius 3 is 2.79 bits per heavy atom. The van der Waals surface area contributed by atoms with Gasteiger partial charge in [-0.1, -0.05) is 18.5 Å². The summed E-state index contributed by atoms with van der Waals surface area (Å²) in [5.41, 5.74) is 0.922. The van der Waals surface area contributed by atoms with Gasteiger partial charge >= 0.3 is 12.0 Å². The molecule has 24 heavy (non-hydrogen) atoms. The van der Waals surface area contributed by atoms with Crippen LogP contribution in [-0.4, -0.2) is 55.4 Å². The number of urea groups is 1. The molecule has 0 saturated heterocycles. The Morgan fingerprint density at radius 1 is 1.38 bits per heavy atom. The van der Waals surface area contributed by atoms with Crippen molar-refractivity contribution in [2.45, 2.75) is 13.3 Å². The predicted molar refractivity (Wildman–Crippen MR) is 89.0 cm³/mol. The molecule has 1 unspecified atom stereocenters. The number of carbonyl (C=O) groups excluding carboxylic acids is 1. The molecule has 8 heteroatoms. The molecule has 1 aliphatic heterocycles. The lowest BCUT2D eigenvalue weighted by Gasteiger charge is -2.21. The van der Waals surface area contributed by atoms with Crippen LogP contribution >= 0.6 is 11.6 Å². The topological polar surface area (TPSA) is 88.1 Å².